The van der Waals surface area contributed by atoms with Crippen molar-refractivity contribution < 1.29 is 23.1 Å². The third-order valence-electron chi connectivity index (χ3n) is 3.98. The smallest absolute Gasteiger partial charge is 0.149 e. The summed E-state index contributed by atoms with van der Waals surface area (Å²) in [4.78, 5) is 9.30. The van der Waals surface area contributed by atoms with E-state index in [-0.39, 0.29) is 12.3 Å². The summed E-state index contributed by atoms with van der Waals surface area (Å²) >= 11 is 0. The molecular weight excluding hydrogens is 371 g/mol. The molecule has 0 heterocycles. The van der Waals surface area contributed by atoms with E-state index < -0.39 is 17.5 Å². The average Bonchev–Trinajstić information content (AvgIpc) is 2.69. The number of rotatable bonds is 10. The number of carbonyl (C=O) groups is 1. The Kier molecular flexibility index (Phi) is 10.7. The molecule has 0 spiro atoms. The molecule has 0 atom stereocenters. The van der Waals surface area contributed by atoms with Crippen LogP contribution in [0.25, 0.3) is 0 Å². The van der Waals surface area contributed by atoms with E-state index in [1.165, 1.54) is 42.3 Å². The van der Waals surface area contributed by atoms with Crippen LogP contribution in [0.15, 0.2) is 36.4 Å². The molecule has 0 saturated heterocycles. The fraction of sp³-hybridized carbons (Fsp3) is 0.350. The van der Waals surface area contributed by atoms with Gasteiger partial charge in [-0.05, 0) is 49.7 Å². The second-order valence-corrected chi connectivity index (χ2v) is 5.90. The van der Waals surface area contributed by atoms with Crippen LogP contribution in [0.1, 0.15) is 12.8 Å². The summed E-state index contributed by atoms with van der Waals surface area (Å²) in [5, 5.41) is 15.0. The van der Waals surface area contributed by atoms with Crippen LogP contribution in [0.3, 0.4) is 0 Å². The minimum atomic E-state index is -0.710. The summed E-state index contributed by atoms with van der Waals surface area (Å²) in [6.45, 7) is 4.09. The van der Waals surface area contributed by atoms with Crippen molar-refractivity contribution in [3.8, 4) is 0 Å². The molecule has 0 saturated carbocycles. The van der Waals surface area contributed by atoms with Crippen LogP contribution < -0.4 is 15.5 Å². The Hall–Kier alpha value is -2.58. The predicted octanol–water partition coefficient (Wildman–Crippen LogP) is 3.46. The van der Waals surface area contributed by atoms with E-state index in [0.29, 0.717) is 24.5 Å². The van der Waals surface area contributed by atoms with Gasteiger partial charge in [0.15, 0.2) is 0 Å². The molecular formula is C20H26F3N3O2. The average molecular weight is 397 g/mol. The number of hydrogen-bond donors (Lipinski definition) is 3. The second kappa shape index (κ2) is 12.7. The van der Waals surface area contributed by atoms with E-state index in [4.69, 9.17) is 9.90 Å². The molecule has 0 aliphatic rings. The first-order valence-corrected chi connectivity index (χ1v) is 8.86. The Balaban J connectivity index is 0.00000190. The summed E-state index contributed by atoms with van der Waals surface area (Å²) in [5.74, 6) is -1.90. The number of hydrogen-bond acceptors (Lipinski definition) is 5. The molecule has 0 aliphatic carbocycles. The molecule has 2 aromatic rings. The molecule has 2 aromatic carbocycles. The van der Waals surface area contributed by atoms with Crippen LogP contribution in [-0.4, -0.2) is 45.2 Å². The lowest BCUT2D eigenvalue weighted by molar-refractivity contribution is -0.0979. The van der Waals surface area contributed by atoms with Gasteiger partial charge in [0.2, 0.25) is 0 Å². The molecule has 0 unspecified atom stereocenters. The third kappa shape index (κ3) is 6.86. The number of carbonyl (C=O) groups excluding carboxylic acids is 1. The Morgan fingerprint density at radius 2 is 1.64 bits per heavy atom. The zero-order valence-electron chi connectivity index (χ0n) is 15.9. The molecule has 5 nitrogen and oxygen atoms in total. The van der Waals surface area contributed by atoms with Crippen LogP contribution in [0, 0.1) is 17.5 Å². The van der Waals surface area contributed by atoms with E-state index in [0.717, 1.165) is 19.4 Å². The predicted molar refractivity (Wildman–Crippen MR) is 106 cm³/mol. The maximum absolute atomic E-state index is 14.1. The molecule has 0 aromatic heterocycles. The van der Waals surface area contributed by atoms with E-state index in [1.54, 1.807) is 6.07 Å². The van der Waals surface area contributed by atoms with Crippen molar-refractivity contribution in [3.05, 3.63) is 53.8 Å². The SMILES string of the molecule is C=O.CN(c1cc(F)ccc1NCCCCNCCO)c1c(F)cccc1F. The van der Waals surface area contributed by atoms with Crippen LogP contribution in [-0.2, 0) is 4.79 Å². The lowest BCUT2D eigenvalue weighted by atomic mass is 10.2. The lowest BCUT2D eigenvalue weighted by Crippen LogP contribution is -2.20. The van der Waals surface area contributed by atoms with Crippen LogP contribution in [0.4, 0.5) is 30.2 Å². The number of aliphatic hydroxyl groups excluding tert-OH is 1. The van der Waals surface area contributed by atoms with Gasteiger partial charge in [0, 0.05) is 20.1 Å². The number of benzene rings is 2. The minimum absolute atomic E-state index is 0.107. The molecule has 0 bridgehead atoms. The van der Waals surface area contributed by atoms with Crippen molar-refractivity contribution in [1.29, 1.82) is 0 Å². The minimum Gasteiger partial charge on any atom is -0.395 e. The standard InChI is InChI=1S/C19H24F3N3O.CH2O/c1-25(19-15(21)5-4-6-16(19)22)18-13-14(20)7-8-17(18)24-10-3-2-9-23-11-12-26;1-2/h4-8,13,23-24,26H,2-3,9-12H2,1H3;1H2. The Morgan fingerprint density at radius 1 is 1.00 bits per heavy atom. The summed E-state index contributed by atoms with van der Waals surface area (Å²) in [6, 6.07) is 7.74. The lowest BCUT2D eigenvalue weighted by Gasteiger charge is -2.24. The van der Waals surface area contributed by atoms with Gasteiger partial charge in [-0.2, -0.15) is 0 Å². The molecule has 0 radical (unpaired) electrons. The number of nitrogens with zero attached hydrogens (tertiary/aromatic N) is 1. The fourth-order valence-electron chi connectivity index (χ4n) is 2.66. The Morgan fingerprint density at radius 3 is 2.29 bits per heavy atom. The molecule has 3 N–H and O–H groups in total. The van der Waals surface area contributed by atoms with Gasteiger partial charge in [-0.15, -0.1) is 0 Å². The van der Waals surface area contributed by atoms with Crippen molar-refractivity contribution >= 4 is 23.9 Å². The number of nitrogens with one attached hydrogen (secondary N) is 2. The Bertz CT molecular complexity index is 712. The summed E-state index contributed by atoms with van der Waals surface area (Å²) in [6.07, 6.45) is 1.76. The van der Waals surface area contributed by atoms with Crippen molar-refractivity contribution in [2.45, 2.75) is 12.8 Å². The van der Waals surface area contributed by atoms with Crippen LogP contribution in [0.5, 0.6) is 0 Å². The van der Waals surface area contributed by atoms with Gasteiger partial charge in [0.25, 0.3) is 0 Å². The van der Waals surface area contributed by atoms with E-state index >= 15 is 0 Å². The van der Waals surface area contributed by atoms with Gasteiger partial charge in [0.05, 0.1) is 18.0 Å². The number of anilines is 3. The monoisotopic (exact) mass is 397 g/mol. The summed E-state index contributed by atoms with van der Waals surface area (Å²) < 4.78 is 41.8. The normalized spacial score (nSPS) is 10.2. The van der Waals surface area contributed by atoms with Crippen LogP contribution >= 0.6 is 0 Å². The molecule has 0 amide bonds. The largest absolute Gasteiger partial charge is 0.395 e. The topological polar surface area (TPSA) is 64.6 Å². The second-order valence-electron chi connectivity index (χ2n) is 5.90. The van der Waals surface area contributed by atoms with Gasteiger partial charge in [-0.1, -0.05) is 6.07 Å². The zero-order valence-corrected chi connectivity index (χ0v) is 15.9. The molecule has 2 rings (SSSR count). The van der Waals surface area contributed by atoms with E-state index in [1.807, 2.05) is 6.79 Å². The number of unbranched alkanes of at least 4 members (excludes halogenated alkanes) is 1. The number of para-hydroxylation sites is 1. The maximum atomic E-state index is 14.1. The van der Waals surface area contributed by atoms with Gasteiger partial charge < -0.3 is 25.4 Å². The molecule has 0 fully saturated rings. The zero-order chi connectivity index (χ0) is 20.9. The first-order chi connectivity index (χ1) is 13.5. The number of halogens is 3. The van der Waals surface area contributed by atoms with Gasteiger partial charge in [-0.3, -0.25) is 0 Å². The molecule has 28 heavy (non-hydrogen) atoms. The van der Waals surface area contributed by atoms with E-state index in [2.05, 4.69) is 10.6 Å². The van der Waals surface area contributed by atoms with Gasteiger partial charge >= 0.3 is 0 Å². The highest BCUT2D eigenvalue weighted by Gasteiger charge is 2.17. The third-order valence-corrected chi connectivity index (χ3v) is 3.98. The first kappa shape index (κ1) is 23.5. The van der Waals surface area contributed by atoms with Crippen molar-refractivity contribution in [3.63, 3.8) is 0 Å². The summed E-state index contributed by atoms with van der Waals surface area (Å²) in [5.41, 5.74) is 0.724. The molecule has 154 valence electrons. The van der Waals surface area contributed by atoms with Gasteiger partial charge in [-0.25, -0.2) is 13.2 Å². The van der Waals surface area contributed by atoms with Crippen molar-refractivity contribution in [2.75, 3.05) is 43.5 Å². The van der Waals surface area contributed by atoms with Crippen LogP contribution in [0.2, 0.25) is 0 Å². The van der Waals surface area contributed by atoms with Gasteiger partial charge in [0.1, 0.15) is 29.9 Å². The highest BCUT2D eigenvalue weighted by atomic mass is 19.1. The highest BCUT2D eigenvalue weighted by Crippen LogP contribution is 2.34. The maximum Gasteiger partial charge on any atom is 0.149 e. The number of aliphatic hydroxyl groups is 1. The first-order valence-electron chi connectivity index (χ1n) is 8.86. The Labute approximate surface area is 163 Å². The quantitative estimate of drug-likeness (QED) is 0.536. The van der Waals surface area contributed by atoms with Crippen molar-refractivity contribution in [2.24, 2.45) is 0 Å². The molecule has 8 heteroatoms. The van der Waals surface area contributed by atoms with Crippen molar-refractivity contribution in [1.82, 2.24) is 5.32 Å². The van der Waals surface area contributed by atoms with E-state index in [9.17, 15) is 13.2 Å². The fourth-order valence-corrected chi connectivity index (χ4v) is 2.66. The summed E-state index contributed by atoms with van der Waals surface area (Å²) in [7, 11) is 1.50. The molecule has 0 aliphatic heterocycles. The highest BCUT2D eigenvalue weighted by molar-refractivity contribution is 5.76.